The molecule has 2 N–H and O–H groups in total. The number of aromatic nitrogens is 2. The number of benzene rings is 3. The SMILES string of the molecule is Cc1ccc(Cl)cc1NC(=O)CSc1[nH]c2ccccc2[n+]1S(=O)(=O)c1ccccc1. The smallest absolute Gasteiger partial charge is 0.325 e. The van der Waals surface area contributed by atoms with Crippen LogP contribution < -0.4 is 9.29 Å². The number of amides is 1. The van der Waals surface area contributed by atoms with Crippen molar-refractivity contribution in [1.82, 2.24) is 4.98 Å². The first kappa shape index (κ1) is 21.4. The second-order valence-electron chi connectivity index (χ2n) is 6.83. The summed E-state index contributed by atoms with van der Waals surface area (Å²) in [6, 6.07) is 20.6. The number of aromatic amines is 1. The van der Waals surface area contributed by atoms with Crippen LogP contribution in [0.2, 0.25) is 5.02 Å². The molecule has 1 amide bonds. The topological polar surface area (TPSA) is 82.9 Å². The van der Waals surface area contributed by atoms with Crippen molar-refractivity contribution in [3.8, 4) is 0 Å². The van der Waals surface area contributed by atoms with Crippen molar-refractivity contribution in [2.45, 2.75) is 17.0 Å². The summed E-state index contributed by atoms with van der Waals surface area (Å²) in [7, 11) is -3.86. The molecule has 4 aromatic rings. The maximum absolute atomic E-state index is 13.4. The number of halogens is 1. The number of fused-ring (bicyclic) bond motifs is 1. The normalized spacial score (nSPS) is 11.5. The molecule has 31 heavy (non-hydrogen) atoms. The molecule has 0 spiro atoms. The molecule has 0 saturated heterocycles. The summed E-state index contributed by atoms with van der Waals surface area (Å²) in [5.74, 6) is -0.249. The van der Waals surface area contributed by atoms with E-state index >= 15 is 0 Å². The number of aryl methyl sites for hydroxylation is 1. The van der Waals surface area contributed by atoms with Gasteiger partial charge in [-0.2, -0.15) is 8.42 Å². The summed E-state index contributed by atoms with van der Waals surface area (Å²) < 4.78 is 28.0. The Hall–Kier alpha value is -2.81. The second-order valence-corrected chi connectivity index (χ2v) is 10.0. The van der Waals surface area contributed by atoms with E-state index in [0.717, 1.165) is 17.3 Å². The molecule has 6 nitrogen and oxygen atoms in total. The lowest BCUT2D eigenvalue weighted by molar-refractivity contribution is -0.526. The zero-order chi connectivity index (χ0) is 22.0. The van der Waals surface area contributed by atoms with Crippen molar-refractivity contribution in [2.24, 2.45) is 0 Å². The van der Waals surface area contributed by atoms with E-state index in [1.807, 2.05) is 19.1 Å². The summed E-state index contributed by atoms with van der Waals surface area (Å²) in [5, 5.41) is 3.70. The lowest BCUT2D eigenvalue weighted by atomic mass is 10.2. The number of para-hydroxylation sites is 2. The Morgan fingerprint density at radius 2 is 1.77 bits per heavy atom. The number of H-pyrrole nitrogens is 1. The maximum Gasteiger partial charge on any atom is 0.336 e. The van der Waals surface area contributed by atoms with E-state index in [2.05, 4.69) is 10.3 Å². The van der Waals surface area contributed by atoms with Gasteiger partial charge in [-0.05, 0) is 60.6 Å². The van der Waals surface area contributed by atoms with Crippen molar-refractivity contribution in [3.63, 3.8) is 0 Å². The van der Waals surface area contributed by atoms with Gasteiger partial charge in [0.2, 0.25) is 5.91 Å². The Bertz CT molecular complexity index is 1370. The van der Waals surface area contributed by atoms with Gasteiger partial charge in [0.15, 0.2) is 11.0 Å². The van der Waals surface area contributed by atoms with Crippen LogP contribution in [0.3, 0.4) is 0 Å². The van der Waals surface area contributed by atoms with Gasteiger partial charge in [0.05, 0.1) is 5.75 Å². The molecule has 0 saturated carbocycles. The van der Waals surface area contributed by atoms with Crippen molar-refractivity contribution in [1.29, 1.82) is 0 Å². The quantitative estimate of drug-likeness (QED) is 0.322. The van der Waals surface area contributed by atoms with Crippen LogP contribution in [0.25, 0.3) is 11.0 Å². The molecule has 4 rings (SSSR count). The molecule has 0 fully saturated rings. The van der Waals surface area contributed by atoms with Crippen molar-refractivity contribution in [2.75, 3.05) is 11.1 Å². The minimum absolute atomic E-state index is 0.0169. The van der Waals surface area contributed by atoms with Gasteiger partial charge in [-0.3, -0.25) is 4.79 Å². The van der Waals surface area contributed by atoms with E-state index in [0.29, 0.717) is 26.9 Å². The number of nitrogens with one attached hydrogen (secondary N) is 2. The fourth-order valence-corrected chi connectivity index (χ4v) is 5.87. The highest BCUT2D eigenvalue weighted by Gasteiger charge is 2.31. The Balaban J connectivity index is 1.65. The van der Waals surface area contributed by atoms with Gasteiger partial charge in [0, 0.05) is 10.7 Å². The molecule has 0 bridgehead atoms. The van der Waals surface area contributed by atoms with Crippen LogP contribution in [0.4, 0.5) is 5.69 Å². The van der Waals surface area contributed by atoms with Gasteiger partial charge in [-0.1, -0.05) is 48.0 Å². The number of anilines is 1. The second kappa shape index (κ2) is 8.74. The zero-order valence-electron chi connectivity index (χ0n) is 16.5. The predicted octanol–water partition coefficient (Wildman–Crippen LogP) is 4.39. The van der Waals surface area contributed by atoms with Gasteiger partial charge < -0.3 is 5.32 Å². The summed E-state index contributed by atoms with van der Waals surface area (Å²) in [5.41, 5.74) is 2.69. The highest BCUT2D eigenvalue weighted by Crippen LogP contribution is 2.23. The molecule has 158 valence electrons. The van der Waals surface area contributed by atoms with E-state index in [-0.39, 0.29) is 16.6 Å². The van der Waals surface area contributed by atoms with Crippen molar-refractivity contribution >= 4 is 56.0 Å². The summed E-state index contributed by atoms with van der Waals surface area (Å²) in [6.07, 6.45) is 0. The number of hydrogen-bond donors (Lipinski definition) is 2. The summed E-state index contributed by atoms with van der Waals surface area (Å²) in [6.45, 7) is 1.87. The lowest BCUT2D eigenvalue weighted by Gasteiger charge is -2.08. The number of carbonyl (C=O) groups excluding carboxylic acids is 1. The number of hydrogen-bond acceptors (Lipinski definition) is 4. The number of nitrogens with zero attached hydrogens (tertiary/aromatic N) is 1. The first-order valence-corrected chi connectivity index (χ1v) is 12.2. The molecule has 1 heterocycles. The largest absolute Gasteiger partial charge is 0.336 e. The van der Waals surface area contributed by atoms with E-state index in [1.54, 1.807) is 60.7 Å². The third-order valence-corrected chi connectivity index (χ3v) is 7.69. The molecule has 0 atom stereocenters. The molecular formula is C22H19ClN3O3S2+. The molecule has 9 heteroatoms. The molecule has 3 aromatic carbocycles. The molecule has 0 aliphatic heterocycles. The minimum Gasteiger partial charge on any atom is -0.325 e. The summed E-state index contributed by atoms with van der Waals surface area (Å²) in [4.78, 5) is 15.8. The van der Waals surface area contributed by atoms with Crippen LogP contribution in [-0.2, 0) is 14.8 Å². The average Bonchev–Trinajstić information content (AvgIpc) is 3.15. The number of thioether (sulfide) groups is 1. The average molecular weight is 473 g/mol. The lowest BCUT2D eigenvalue weighted by Crippen LogP contribution is -2.44. The number of rotatable bonds is 6. The Kier molecular flexibility index (Phi) is 6.04. The van der Waals surface area contributed by atoms with E-state index in [9.17, 15) is 13.2 Å². The van der Waals surface area contributed by atoms with Gasteiger partial charge >= 0.3 is 15.2 Å². The first-order chi connectivity index (χ1) is 14.9. The van der Waals surface area contributed by atoms with Gasteiger partial charge in [0.1, 0.15) is 4.90 Å². The van der Waals surface area contributed by atoms with Gasteiger partial charge in [-0.15, -0.1) is 3.97 Å². The van der Waals surface area contributed by atoms with E-state index in [4.69, 9.17) is 11.6 Å². The summed E-state index contributed by atoms with van der Waals surface area (Å²) >= 11 is 7.13. The zero-order valence-corrected chi connectivity index (χ0v) is 18.9. The van der Waals surface area contributed by atoms with Crippen LogP contribution in [0.1, 0.15) is 5.56 Å². The first-order valence-electron chi connectivity index (χ1n) is 9.38. The number of carbonyl (C=O) groups is 1. The molecule has 0 aliphatic rings. The highest BCUT2D eigenvalue weighted by atomic mass is 35.5. The standard InChI is InChI=1S/C22H18ClN3O3S2/c1-15-11-12-16(23)13-19(15)24-21(27)14-30-22-25-18-9-5-6-10-20(18)26(22)31(28,29)17-7-3-2-4-8-17/h2-13H,14H2,1H3,(H,24,27)/p+1. The molecular weight excluding hydrogens is 454 g/mol. The molecule has 1 aromatic heterocycles. The Morgan fingerprint density at radius 1 is 1.06 bits per heavy atom. The van der Waals surface area contributed by atoms with Crippen LogP contribution in [0, 0.1) is 6.92 Å². The van der Waals surface area contributed by atoms with Crippen molar-refractivity contribution in [3.05, 3.63) is 83.4 Å². The molecule has 0 unspecified atom stereocenters. The van der Waals surface area contributed by atoms with Gasteiger partial charge in [0.25, 0.3) is 0 Å². The van der Waals surface area contributed by atoms with E-state index in [1.165, 1.54) is 3.97 Å². The fraction of sp³-hybridized carbons (Fsp3) is 0.0909. The van der Waals surface area contributed by atoms with Crippen LogP contribution in [0.5, 0.6) is 0 Å². The Morgan fingerprint density at radius 3 is 2.55 bits per heavy atom. The third-order valence-electron chi connectivity index (χ3n) is 4.64. The molecule has 0 radical (unpaired) electrons. The Labute approximate surface area is 189 Å². The van der Waals surface area contributed by atoms with E-state index < -0.39 is 10.0 Å². The van der Waals surface area contributed by atoms with Crippen LogP contribution in [-0.4, -0.2) is 25.1 Å². The fourth-order valence-electron chi connectivity index (χ4n) is 3.11. The third kappa shape index (κ3) is 4.46. The minimum atomic E-state index is -3.86. The van der Waals surface area contributed by atoms with Gasteiger partial charge in [-0.25, -0.2) is 4.98 Å². The monoisotopic (exact) mass is 472 g/mol. The highest BCUT2D eigenvalue weighted by molar-refractivity contribution is 8.00. The molecule has 0 aliphatic carbocycles. The van der Waals surface area contributed by atoms with Crippen LogP contribution in [0.15, 0.2) is 82.8 Å². The van der Waals surface area contributed by atoms with Crippen LogP contribution >= 0.6 is 23.4 Å². The predicted molar refractivity (Wildman–Crippen MR) is 123 cm³/mol. The number of imidazole rings is 1. The van der Waals surface area contributed by atoms with Crippen molar-refractivity contribution < 1.29 is 17.2 Å². The maximum atomic E-state index is 13.4.